The number of nitrogens with one attached hydrogen (secondary N) is 2. The van der Waals surface area contributed by atoms with Crippen LogP contribution < -0.4 is 14.9 Å². The van der Waals surface area contributed by atoms with E-state index in [0.717, 1.165) is 25.9 Å². The molecule has 206 valence electrons. The van der Waals surface area contributed by atoms with Crippen molar-refractivity contribution in [2.45, 2.75) is 56.9 Å². The van der Waals surface area contributed by atoms with Crippen LogP contribution in [0.5, 0.6) is 0 Å². The first-order chi connectivity index (χ1) is 17.8. The van der Waals surface area contributed by atoms with E-state index in [1.165, 1.54) is 29.9 Å². The lowest BCUT2D eigenvalue weighted by Gasteiger charge is -2.35. The number of piperidine rings is 1. The standard InChI is InChI=1S/C28H38N4O5S/c1-27(2,3)30-38(36,37)22-7-5-6-21(19-22)29-25(34)23-9-8-20(26(35)31(4)16-17-33)18-24(23)32-14-12-28(10-11-28)13-15-32/h5-9,18-19,30,33H,10-17H2,1-4H3,(H,29,34). The lowest BCUT2D eigenvalue weighted by molar-refractivity contribution is 0.0766. The second kappa shape index (κ2) is 10.7. The van der Waals surface area contributed by atoms with Crippen LogP contribution in [0.1, 0.15) is 67.2 Å². The minimum atomic E-state index is -3.77. The summed E-state index contributed by atoms with van der Waals surface area (Å²) in [5, 5.41) is 12.1. The van der Waals surface area contributed by atoms with Crippen molar-refractivity contribution >= 4 is 33.2 Å². The van der Waals surface area contributed by atoms with Crippen molar-refractivity contribution in [2.24, 2.45) is 5.41 Å². The van der Waals surface area contributed by atoms with Gasteiger partial charge in [-0.1, -0.05) is 6.07 Å². The van der Waals surface area contributed by atoms with Gasteiger partial charge in [0.1, 0.15) is 0 Å². The molecular weight excluding hydrogens is 504 g/mol. The molecule has 2 aromatic carbocycles. The van der Waals surface area contributed by atoms with Gasteiger partial charge in [0, 0.05) is 43.5 Å². The monoisotopic (exact) mass is 542 g/mol. The lowest BCUT2D eigenvalue weighted by Crippen LogP contribution is -2.40. The predicted octanol–water partition coefficient (Wildman–Crippen LogP) is 3.46. The van der Waals surface area contributed by atoms with Crippen LogP contribution in [-0.2, 0) is 10.0 Å². The summed E-state index contributed by atoms with van der Waals surface area (Å²) in [7, 11) is -2.14. The summed E-state index contributed by atoms with van der Waals surface area (Å²) in [6, 6.07) is 11.2. The van der Waals surface area contributed by atoms with Gasteiger partial charge in [-0.3, -0.25) is 9.59 Å². The number of hydrogen-bond donors (Lipinski definition) is 3. The van der Waals surface area contributed by atoms with E-state index < -0.39 is 15.6 Å². The number of aliphatic hydroxyl groups excluding tert-OH is 1. The van der Waals surface area contributed by atoms with Crippen molar-refractivity contribution in [3.05, 3.63) is 53.6 Å². The Hall–Kier alpha value is -2.95. The Labute approximate surface area is 225 Å². The maximum atomic E-state index is 13.5. The maximum Gasteiger partial charge on any atom is 0.257 e. The smallest absolute Gasteiger partial charge is 0.257 e. The van der Waals surface area contributed by atoms with Crippen molar-refractivity contribution in [3.63, 3.8) is 0 Å². The zero-order valence-corrected chi connectivity index (χ0v) is 23.4. The van der Waals surface area contributed by atoms with Gasteiger partial charge in [0.15, 0.2) is 0 Å². The number of amides is 2. The summed E-state index contributed by atoms with van der Waals surface area (Å²) < 4.78 is 28.2. The molecular formula is C28H38N4O5S. The molecule has 0 radical (unpaired) electrons. The van der Waals surface area contributed by atoms with Crippen LogP contribution in [0.4, 0.5) is 11.4 Å². The molecule has 1 aliphatic heterocycles. The molecule has 0 bridgehead atoms. The van der Waals surface area contributed by atoms with E-state index in [9.17, 15) is 23.1 Å². The number of aliphatic hydroxyl groups is 1. The van der Waals surface area contributed by atoms with Crippen LogP contribution >= 0.6 is 0 Å². The fourth-order valence-electron chi connectivity index (χ4n) is 4.89. The molecule has 38 heavy (non-hydrogen) atoms. The number of carbonyl (C=O) groups excluding carboxylic acids is 2. The van der Waals surface area contributed by atoms with Gasteiger partial charge in [-0.05, 0) is 88.3 Å². The fraction of sp³-hybridized carbons (Fsp3) is 0.500. The molecule has 2 amide bonds. The van der Waals surface area contributed by atoms with Gasteiger partial charge >= 0.3 is 0 Å². The number of nitrogens with zero attached hydrogens (tertiary/aromatic N) is 2. The summed E-state index contributed by atoms with van der Waals surface area (Å²) in [6.07, 6.45) is 4.61. The third-order valence-electron chi connectivity index (χ3n) is 7.24. The average molecular weight is 543 g/mol. The molecule has 1 heterocycles. The summed E-state index contributed by atoms with van der Waals surface area (Å²) in [5.74, 6) is -0.611. The van der Waals surface area contributed by atoms with Gasteiger partial charge in [0.25, 0.3) is 11.8 Å². The highest BCUT2D eigenvalue weighted by Crippen LogP contribution is 2.54. The van der Waals surface area contributed by atoms with E-state index in [2.05, 4.69) is 14.9 Å². The highest BCUT2D eigenvalue weighted by molar-refractivity contribution is 7.89. The Morgan fingerprint density at radius 2 is 1.74 bits per heavy atom. The van der Waals surface area contributed by atoms with Crippen LogP contribution in [-0.4, -0.2) is 69.1 Å². The summed E-state index contributed by atoms with van der Waals surface area (Å²) in [4.78, 5) is 30.1. The van der Waals surface area contributed by atoms with Gasteiger partial charge in [-0.2, -0.15) is 0 Å². The SMILES string of the molecule is CN(CCO)C(=O)c1ccc(C(=O)Nc2cccc(S(=O)(=O)NC(C)(C)C)c2)c(N2CCC3(CC2)CC3)c1. The molecule has 2 fully saturated rings. The first-order valence-corrected chi connectivity index (χ1v) is 14.5. The number of hydrogen-bond acceptors (Lipinski definition) is 6. The molecule has 0 aromatic heterocycles. The van der Waals surface area contributed by atoms with Gasteiger partial charge < -0.3 is 20.2 Å². The topological polar surface area (TPSA) is 119 Å². The Morgan fingerprint density at radius 3 is 2.34 bits per heavy atom. The maximum absolute atomic E-state index is 13.5. The quantitative estimate of drug-likeness (QED) is 0.470. The second-order valence-corrected chi connectivity index (χ2v) is 13.2. The van der Waals surface area contributed by atoms with Crippen LogP contribution in [0.25, 0.3) is 0 Å². The molecule has 3 N–H and O–H groups in total. The third-order valence-corrected chi connectivity index (χ3v) is 8.99. The highest BCUT2D eigenvalue weighted by atomic mass is 32.2. The molecule has 2 aromatic rings. The molecule has 2 aliphatic rings. The van der Waals surface area contributed by atoms with Gasteiger partial charge in [-0.25, -0.2) is 13.1 Å². The highest BCUT2D eigenvalue weighted by Gasteiger charge is 2.44. The van der Waals surface area contributed by atoms with E-state index in [-0.39, 0.29) is 29.9 Å². The van der Waals surface area contributed by atoms with Gasteiger partial charge in [-0.15, -0.1) is 0 Å². The minimum absolute atomic E-state index is 0.0593. The molecule has 0 unspecified atom stereocenters. The predicted molar refractivity (Wildman–Crippen MR) is 148 cm³/mol. The molecule has 10 heteroatoms. The number of rotatable bonds is 8. The van der Waals surface area contributed by atoms with E-state index in [0.29, 0.717) is 27.9 Å². The molecule has 4 rings (SSSR count). The summed E-state index contributed by atoms with van der Waals surface area (Å²) in [6.45, 7) is 6.97. The van der Waals surface area contributed by atoms with Crippen molar-refractivity contribution in [3.8, 4) is 0 Å². The van der Waals surface area contributed by atoms with Crippen molar-refractivity contribution in [1.29, 1.82) is 0 Å². The second-order valence-electron chi connectivity index (χ2n) is 11.5. The Balaban J connectivity index is 1.61. The van der Waals surface area contributed by atoms with Crippen molar-refractivity contribution in [1.82, 2.24) is 9.62 Å². The largest absolute Gasteiger partial charge is 0.395 e. The first kappa shape index (κ1) is 28.1. The molecule has 1 saturated carbocycles. The van der Waals surface area contributed by atoms with Crippen molar-refractivity contribution in [2.75, 3.05) is 43.5 Å². The first-order valence-electron chi connectivity index (χ1n) is 13.0. The molecule has 9 nitrogen and oxygen atoms in total. The van der Waals surface area contributed by atoms with Crippen LogP contribution in [0.2, 0.25) is 0 Å². The van der Waals surface area contributed by atoms with Crippen LogP contribution in [0.15, 0.2) is 47.4 Å². The Kier molecular flexibility index (Phi) is 7.88. The van der Waals surface area contributed by atoms with Crippen molar-refractivity contribution < 1.29 is 23.1 Å². The third kappa shape index (κ3) is 6.54. The number of anilines is 2. The van der Waals surface area contributed by atoms with Gasteiger partial charge in [0.2, 0.25) is 10.0 Å². The molecule has 1 aliphatic carbocycles. The van der Waals surface area contributed by atoms with Crippen LogP contribution in [0, 0.1) is 5.41 Å². The van der Waals surface area contributed by atoms with Crippen LogP contribution in [0.3, 0.4) is 0 Å². The zero-order valence-electron chi connectivity index (χ0n) is 22.6. The van der Waals surface area contributed by atoms with E-state index in [4.69, 9.17) is 0 Å². The summed E-state index contributed by atoms with van der Waals surface area (Å²) >= 11 is 0. The number of likely N-dealkylation sites (N-methyl/N-ethyl adjacent to an activating group) is 1. The molecule has 1 saturated heterocycles. The fourth-order valence-corrected chi connectivity index (χ4v) is 6.35. The lowest BCUT2D eigenvalue weighted by atomic mass is 9.92. The Bertz CT molecular complexity index is 1300. The Morgan fingerprint density at radius 1 is 1.05 bits per heavy atom. The minimum Gasteiger partial charge on any atom is -0.395 e. The zero-order chi connectivity index (χ0) is 27.7. The van der Waals surface area contributed by atoms with E-state index >= 15 is 0 Å². The normalized spacial score (nSPS) is 16.8. The average Bonchev–Trinajstić information content (AvgIpc) is 3.61. The number of carbonyl (C=O) groups is 2. The summed E-state index contributed by atoms with van der Waals surface area (Å²) in [5.41, 5.74) is 1.70. The van der Waals surface area contributed by atoms with Gasteiger partial charge in [0.05, 0.1) is 22.8 Å². The molecule has 1 spiro atoms. The van der Waals surface area contributed by atoms with E-state index in [1.807, 2.05) is 0 Å². The number of sulfonamides is 1. The number of benzene rings is 2. The molecule has 0 atom stereocenters. The van der Waals surface area contributed by atoms with E-state index in [1.54, 1.807) is 58.2 Å².